The van der Waals surface area contributed by atoms with Crippen LogP contribution in [0.15, 0.2) is 30.3 Å². The highest BCUT2D eigenvalue weighted by atomic mass is 14.9. The Balaban J connectivity index is 2.59. The van der Waals surface area contributed by atoms with E-state index >= 15 is 0 Å². The lowest BCUT2D eigenvalue weighted by Crippen LogP contribution is -1.95. The minimum absolute atomic E-state index is 0.825. The number of aromatic nitrogens is 2. The molecule has 0 aliphatic carbocycles. The summed E-state index contributed by atoms with van der Waals surface area (Å²) in [5.41, 5.74) is 4.35. The molecule has 1 heterocycles. The van der Waals surface area contributed by atoms with Crippen LogP contribution in [0.4, 0.5) is 0 Å². The van der Waals surface area contributed by atoms with E-state index in [4.69, 9.17) is 0 Å². The molecule has 0 aliphatic rings. The molecule has 0 amide bonds. The van der Waals surface area contributed by atoms with Gasteiger partial charge in [-0.2, -0.15) is 0 Å². The molecule has 2 heteroatoms. The van der Waals surface area contributed by atoms with Gasteiger partial charge in [-0.3, -0.25) is 0 Å². The topological polar surface area (TPSA) is 25.8 Å². The predicted octanol–water partition coefficient (Wildman–Crippen LogP) is 3.07. The predicted molar refractivity (Wildman–Crippen MR) is 61.7 cm³/mol. The summed E-state index contributed by atoms with van der Waals surface area (Å²) in [4.78, 5) is 8.91. The number of hydrogen-bond donors (Lipinski definition) is 0. The summed E-state index contributed by atoms with van der Waals surface area (Å²) in [5.74, 6) is 0.825. The molecular weight excluding hydrogens is 184 g/mol. The summed E-state index contributed by atoms with van der Waals surface area (Å²) in [6.45, 7) is 6.07. The summed E-state index contributed by atoms with van der Waals surface area (Å²) in [7, 11) is 0. The highest BCUT2D eigenvalue weighted by Gasteiger charge is 2.04. The molecule has 1 aromatic carbocycles. The summed E-state index contributed by atoms with van der Waals surface area (Å²) >= 11 is 0. The van der Waals surface area contributed by atoms with Crippen LogP contribution in [-0.4, -0.2) is 9.97 Å². The van der Waals surface area contributed by atoms with Crippen LogP contribution in [0.1, 0.15) is 17.0 Å². The maximum Gasteiger partial charge on any atom is 0.159 e. The van der Waals surface area contributed by atoms with E-state index in [1.165, 1.54) is 5.56 Å². The number of rotatable bonds is 1. The number of nitrogens with zero attached hydrogens (tertiary/aromatic N) is 2. The fourth-order valence-corrected chi connectivity index (χ4v) is 1.67. The maximum atomic E-state index is 4.45. The van der Waals surface area contributed by atoms with Gasteiger partial charge in [0.05, 0.1) is 0 Å². The second-order valence-corrected chi connectivity index (χ2v) is 3.79. The largest absolute Gasteiger partial charge is 0.233 e. The highest BCUT2D eigenvalue weighted by molar-refractivity contribution is 5.59. The van der Waals surface area contributed by atoms with E-state index in [9.17, 15) is 0 Å². The molecule has 0 bridgehead atoms. The van der Waals surface area contributed by atoms with Crippen LogP contribution >= 0.6 is 0 Å². The lowest BCUT2D eigenvalue weighted by molar-refractivity contribution is 1.06. The highest BCUT2D eigenvalue weighted by Crippen LogP contribution is 2.19. The van der Waals surface area contributed by atoms with Gasteiger partial charge >= 0.3 is 0 Å². The van der Waals surface area contributed by atoms with Gasteiger partial charge in [-0.15, -0.1) is 0 Å². The van der Waals surface area contributed by atoms with Gasteiger partial charge in [0.25, 0.3) is 0 Å². The van der Waals surface area contributed by atoms with Crippen molar-refractivity contribution >= 4 is 0 Å². The first-order valence-electron chi connectivity index (χ1n) is 5.05. The molecular formula is C13H14N2. The molecule has 0 unspecified atom stereocenters. The van der Waals surface area contributed by atoms with Gasteiger partial charge in [-0.25, -0.2) is 9.97 Å². The molecule has 2 nitrogen and oxygen atoms in total. The zero-order valence-electron chi connectivity index (χ0n) is 9.28. The van der Waals surface area contributed by atoms with Gasteiger partial charge in [-0.05, 0) is 32.4 Å². The van der Waals surface area contributed by atoms with Crippen molar-refractivity contribution in [3.63, 3.8) is 0 Å². The van der Waals surface area contributed by atoms with Crippen LogP contribution in [0.5, 0.6) is 0 Å². The summed E-state index contributed by atoms with van der Waals surface area (Å²) in [6, 6.07) is 10.2. The molecule has 0 saturated heterocycles. The number of benzene rings is 1. The van der Waals surface area contributed by atoms with Gasteiger partial charge in [-0.1, -0.05) is 24.3 Å². The van der Waals surface area contributed by atoms with Gasteiger partial charge in [0.2, 0.25) is 0 Å². The molecule has 0 saturated carbocycles. The summed E-state index contributed by atoms with van der Waals surface area (Å²) < 4.78 is 0. The first kappa shape index (κ1) is 9.84. The monoisotopic (exact) mass is 198 g/mol. The number of hydrogen-bond acceptors (Lipinski definition) is 2. The molecule has 0 aliphatic heterocycles. The zero-order chi connectivity index (χ0) is 10.8. The SMILES string of the molecule is Cc1cc(C)nc(-c2ccccc2C)n1. The third-order valence-corrected chi connectivity index (χ3v) is 2.37. The van der Waals surface area contributed by atoms with E-state index in [1.807, 2.05) is 32.0 Å². The van der Waals surface area contributed by atoms with Crippen molar-refractivity contribution in [3.8, 4) is 11.4 Å². The Bertz CT molecular complexity index is 469. The van der Waals surface area contributed by atoms with E-state index in [-0.39, 0.29) is 0 Å². The van der Waals surface area contributed by atoms with Crippen LogP contribution in [0.3, 0.4) is 0 Å². The van der Waals surface area contributed by atoms with Crippen LogP contribution in [0, 0.1) is 20.8 Å². The standard InChI is InChI=1S/C13H14N2/c1-9-6-4-5-7-12(9)13-14-10(2)8-11(3)15-13/h4-8H,1-3H3. The molecule has 0 atom stereocenters. The molecule has 0 N–H and O–H groups in total. The minimum atomic E-state index is 0.825. The van der Waals surface area contributed by atoms with Crippen molar-refractivity contribution in [2.75, 3.05) is 0 Å². The minimum Gasteiger partial charge on any atom is -0.233 e. The van der Waals surface area contributed by atoms with Gasteiger partial charge in [0.1, 0.15) is 0 Å². The molecule has 15 heavy (non-hydrogen) atoms. The number of aryl methyl sites for hydroxylation is 3. The van der Waals surface area contributed by atoms with Gasteiger partial charge < -0.3 is 0 Å². The molecule has 0 spiro atoms. The third kappa shape index (κ3) is 2.04. The van der Waals surface area contributed by atoms with Crippen molar-refractivity contribution in [2.24, 2.45) is 0 Å². The Hall–Kier alpha value is -1.70. The van der Waals surface area contributed by atoms with Crippen LogP contribution in [0.2, 0.25) is 0 Å². The maximum absolute atomic E-state index is 4.45. The smallest absolute Gasteiger partial charge is 0.159 e. The normalized spacial score (nSPS) is 10.3. The van der Waals surface area contributed by atoms with E-state index in [0.717, 1.165) is 22.8 Å². The fraction of sp³-hybridized carbons (Fsp3) is 0.231. The molecule has 0 radical (unpaired) electrons. The molecule has 2 rings (SSSR count). The second-order valence-electron chi connectivity index (χ2n) is 3.79. The molecule has 2 aromatic rings. The van der Waals surface area contributed by atoms with Crippen molar-refractivity contribution < 1.29 is 0 Å². The van der Waals surface area contributed by atoms with Crippen molar-refractivity contribution in [3.05, 3.63) is 47.3 Å². The first-order valence-corrected chi connectivity index (χ1v) is 5.05. The van der Waals surface area contributed by atoms with E-state index in [2.05, 4.69) is 29.0 Å². The van der Waals surface area contributed by atoms with Crippen molar-refractivity contribution in [2.45, 2.75) is 20.8 Å². The van der Waals surface area contributed by atoms with Gasteiger partial charge in [0, 0.05) is 17.0 Å². The molecule has 76 valence electrons. The average molecular weight is 198 g/mol. The van der Waals surface area contributed by atoms with Crippen LogP contribution in [0.25, 0.3) is 11.4 Å². The Kier molecular flexibility index (Phi) is 2.50. The van der Waals surface area contributed by atoms with Crippen molar-refractivity contribution in [1.82, 2.24) is 9.97 Å². The summed E-state index contributed by atoms with van der Waals surface area (Å²) in [6.07, 6.45) is 0. The summed E-state index contributed by atoms with van der Waals surface area (Å²) in [5, 5.41) is 0. The van der Waals surface area contributed by atoms with E-state index < -0.39 is 0 Å². The lowest BCUT2D eigenvalue weighted by atomic mass is 10.1. The first-order chi connectivity index (χ1) is 7.16. The Labute approximate surface area is 90.0 Å². The Morgan fingerprint density at radius 3 is 2.07 bits per heavy atom. The Morgan fingerprint density at radius 1 is 0.867 bits per heavy atom. The fourth-order valence-electron chi connectivity index (χ4n) is 1.67. The quantitative estimate of drug-likeness (QED) is 0.703. The van der Waals surface area contributed by atoms with Gasteiger partial charge in [0.15, 0.2) is 5.82 Å². The Morgan fingerprint density at radius 2 is 1.47 bits per heavy atom. The molecule has 0 fully saturated rings. The average Bonchev–Trinajstić information content (AvgIpc) is 2.16. The lowest BCUT2D eigenvalue weighted by Gasteiger charge is -2.05. The molecule has 1 aromatic heterocycles. The van der Waals surface area contributed by atoms with Crippen LogP contribution < -0.4 is 0 Å². The van der Waals surface area contributed by atoms with E-state index in [0.29, 0.717) is 0 Å². The third-order valence-electron chi connectivity index (χ3n) is 2.37. The van der Waals surface area contributed by atoms with E-state index in [1.54, 1.807) is 0 Å². The zero-order valence-corrected chi connectivity index (χ0v) is 9.28. The van der Waals surface area contributed by atoms with Crippen LogP contribution in [-0.2, 0) is 0 Å². The van der Waals surface area contributed by atoms with Crippen molar-refractivity contribution in [1.29, 1.82) is 0 Å². The second kappa shape index (κ2) is 3.81.